The second-order valence-electron chi connectivity index (χ2n) is 6.52. The normalized spacial score (nSPS) is 15.7. The maximum absolute atomic E-state index is 13.1. The lowest BCUT2D eigenvalue weighted by Crippen LogP contribution is -3.13. The highest BCUT2D eigenvalue weighted by Crippen LogP contribution is 2.15. The summed E-state index contributed by atoms with van der Waals surface area (Å²) < 4.78 is 14.5. The van der Waals surface area contributed by atoms with Gasteiger partial charge in [0.2, 0.25) is 4.96 Å². The van der Waals surface area contributed by atoms with E-state index in [2.05, 4.69) is 15.0 Å². The summed E-state index contributed by atoms with van der Waals surface area (Å²) in [6.45, 7) is 6.49. The number of quaternary nitrogens is 1. The van der Waals surface area contributed by atoms with E-state index in [1.807, 2.05) is 19.1 Å². The van der Waals surface area contributed by atoms with E-state index >= 15 is 0 Å². The van der Waals surface area contributed by atoms with E-state index in [-0.39, 0.29) is 11.4 Å². The maximum Gasteiger partial charge on any atom is 0.275 e. The minimum Gasteiger partial charge on any atom is -0.360 e. The smallest absolute Gasteiger partial charge is 0.275 e. The number of piperazine rings is 1. The number of hydrogen-bond donors (Lipinski definition) is 1. The van der Waals surface area contributed by atoms with Crippen molar-refractivity contribution < 1.29 is 9.29 Å². The number of aromatic nitrogens is 3. The molecular formula is C18H21FN5OS+. The SMILES string of the molecule is CCc1nn2c(=O)cc(C[NH+]3CCN(c4ccc(F)cc4)CC3)nc2s1. The first-order chi connectivity index (χ1) is 12.6. The van der Waals surface area contributed by atoms with Crippen LogP contribution in [0.1, 0.15) is 17.6 Å². The Hall–Kier alpha value is -2.32. The summed E-state index contributed by atoms with van der Waals surface area (Å²) in [6.07, 6.45) is 0.805. The largest absolute Gasteiger partial charge is 0.360 e. The van der Waals surface area contributed by atoms with Crippen molar-refractivity contribution in [1.82, 2.24) is 14.6 Å². The predicted molar refractivity (Wildman–Crippen MR) is 99.5 cm³/mol. The van der Waals surface area contributed by atoms with Gasteiger partial charge < -0.3 is 9.80 Å². The molecule has 1 aromatic carbocycles. The first-order valence-electron chi connectivity index (χ1n) is 8.85. The molecule has 0 radical (unpaired) electrons. The summed E-state index contributed by atoms with van der Waals surface area (Å²) in [5.74, 6) is -0.208. The molecule has 26 heavy (non-hydrogen) atoms. The van der Waals surface area contributed by atoms with E-state index in [9.17, 15) is 9.18 Å². The molecule has 4 rings (SSSR count). The molecule has 3 heterocycles. The molecule has 1 N–H and O–H groups in total. The number of hydrogen-bond acceptors (Lipinski definition) is 5. The van der Waals surface area contributed by atoms with E-state index in [4.69, 9.17) is 0 Å². The van der Waals surface area contributed by atoms with Gasteiger partial charge in [0.05, 0.1) is 26.2 Å². The second kappa shape index (κ2) is 7.13. The molecule has 0 atom stereocenters. The summed E-state index contributed by atoms with van der Waals surface area (Å²) in [7, 11) is 0. The van der Waals surface area contributed by atoms with Crippen molar-refractivity contribution >= 4 is 22.0 Å². The Labute approximate surface area is 154 Å². The topological polar surface area (TPSA) is 54.9 Å². The summed E-state index contributed by atoms with van der Waals surface area (Å²) in [6, 6.07) is 8.25. The molecule has 0 spiro atoms. The van der Waals surface area contributed by atoms with Crippen molar-refractivity contribution in [2.45, 2.75) is 19.9 Å². The Morgan fingerprint density at radius 3 is 2.65 bits per heavy atom. The van der Waals surface area contributed by atoms with E-state index in [1.165, 1.54) is 32.9 Å². The van der Waals surface area contributed by atoms with Gasteiger partial charge in [-0.15, -0.1) is 0 Å². The number of anilines is 1. The second-order valence-corrected chi connectivity index (χ2v) is 7.56. The zero-order chi connectivity index (χ0) is 18.1. The Morgan fingerprint density at radius 2 is 1.96 bits per heavy atom. The summed E-state index contributed by atoms with van der Waals surface area (Å²) in [5.41, 5.74) is 1.77. The van der Waals surface area contributed by atoms with Crippen molar-refractivity contribution in [1.29, 1.82) is 0 Å². The van der Waals surface area contributed by atoms with Gasteiger partial charge in [-0.3, -0.25) is 4.79 Å². The third-order valence-electron chi connectivity index (χ3n) is 4.74. The molecule has 1 fully saturated rings. The average molecular weight is 374 g/mol. The number of nitrogens with one attached hydrogen (secondary N) is 1. The van der Waals surface area contributed by atoms with Crippen molar-refractivity contribution in [2.75, 3.05) is 31.1 Å². The molecule has 2 aromatic heterocycles. The zero-order valence-corrected chi connectivity index (χ0v) is 15.4. The van der Waals surface area contributed by atoms with Gasteiger partial charge in [0.1, 0.15) is 23.1 Å². The Kier molecular flexibility index (Phi) is 4.69. The van der Waals surface area contributed by atoms with Crippen LogP contribution in [0.3, 0.4) is 0 Å². The van der Waals surface area contributed by atoms with Gasteiger partial charge in [0.25, 0.3) is 5.56 Å². The summed E-state index contributed by atoms with van der Waals surface area (Å²) in [5, 5.41) is 5.21. The van der Waals surface area contributed by atoms with E-state index in [1.54, 1.807) is 6.07 Å². The number of rotatable bonds is 4. The van der Waals surface area contributed by atoms with Crippen LogP contribution in [0, 0.1) is 5.82 Å². The lowest BCUT2D eigenvalue weighted by molar-refractivity contribution is -0.914. The van der Waals surface area contributed by atoms with Crippen LogP contribution in [0.15, 0.2) is 35.1 Å². The Morgan fingerprint density at radius 1 is 1.23 bits per heavy atom. The summed E-state index contributed by atoms with van der Waals surface area (Å²) >= 11 is 1.48. The number of fused-ring (bicyclic) bond motifs is 1. The number of aryl methyl sites for hydroxylation is 1. The standard InChI is InChI=1S/C18H20FN5OS/c1-2-16-21-24-17(25)11-14(20-18(24)26-16)12-22-7-9-23(10-8-22)15-5-3-13(19)4-6-15/h3-6,11H,2,7-10,12H2,1H3/p+1. The van der Waals surface area contributed by atoms with Crippen LogP contribution in [-0.2, 0) is 13.0 Å². The van der Waals surface area contributed by atoms with Gasteiger partial charge >= 0.3 is 0 Å². The first kappa shape index (κ1) is 17.1. The number of benzene rings is 1. The Bertz CT molecular complexity index is 960. The van der Waals surface area contributed by atoms with Crippen LogP contribution in [-0.4, -0.2) is 40.8 Å². The molecule has 0 aliphatic carbocycles. The fourth-order valence-electron chi connectivity index (χ4n) is 3.30. The predicted octanol–water partition coefficient (Wildman–Crippen LogP) is 0.758. The van der Waals surface area contributed by atoms with Crippen LogP contribution in [0.25, 0.3) is 4.96 Å². The van der Waals surface area contributed by atoms with Crippen LogP contribution in [0.2, 0.25) is 0 Å². The summed E-state index contributed by atoms with van der Waals surface area (Å²) in [4.78, 5) is 21.2. The third-order valence-corrected chi connectivity index (χ3v) is 5.79. The van der Waals surface area contributed by atoms with Crippen molar-refractivity contribution in [2.24, 2.45) is 0 Å². The van der Waals surface area contributed by atoms with Gasteiger partial charge in [-0.2, -0.15) is 9.61 Å². The van der Waals surface area contributed by atoms with E-state index in [0.29, 0.717) is 4.96 Å². The minimum atomic E-state index is -0.208. The fraction of sp³-hybridized carbons (Fsp3) is 0.389. The van der Waals surface area contributed by atoms with Crippen molar-refractivity contribution in [3.63, 3.8) is 0 Å². The number of nitrogens with zero attached hydrogens (tertiary/aromatic N) is 4. The molecule has 1 aliphatic heterocycles. The van der Waals surface area contributed by atoms with Gasteiger partial charge in [-0.25, -0.2) is 9.37 Å². The van der Waals surface area contributed by atoms with Gasteiger partial charge in [0.15, 0.2) is 0 Å². The molecule has 8 heteroatoms. The van der Waals surface area contributed by atoms with E-state index in [0.717, 1.165) is 55.5 Å². The molecule has 6 nitrogen and oxygen atoms in total. The Balaban J connectivity index is 1.43. The third kappa shape index (κ3) is 3.47. The van der Waals surface area contributed by atoms with Gasteiger partial charge in [0, 0.05) is 11.8 Å². The number of halogens is 1. The molecule has 1 saturated heterocycles. The molecule has 0 amide bonds. The van der Waals surface area contributed by atoms with Crippen molar-refractivity contribution in [3.05, 3.63) is 57.2 Å². The highest BCUT2D eigenvalue weighted by molar-refractivity contribution is 7.16. The molecular weight excluding hydrogens is 353 g/mol. The van der Waals surface area contributed by atoms with Crippen LogP contribution >= 0.6 is 11.3 Å². The molecule has 136 valence electrons. The van der Waals surface area contributed by atoms with Crippen LogP contribution in [0.5, 0.6) is 0 Å². The fourth-order valence-corrected chi connectivity index (χ4v) is 4.15. The van der Waals surface area contributed by atoms with Crippen LogP contribution in [0.4, 0.5) is 10.1 Å². The minimum absolute atomic E-state index is 0.106. The maximum atomic E-state index is 13.1. The zero-order valence-electron chi connectivity index (χ0n) is 14.6. The molecule has 1 aliphatic rings. The molecule has 0 saturated carbocycles. The molecule has 0 unspecified atom stereocenters. The van der Waals surface area contributed by atoms with Gasteiger partial charge in [-0.05, 0) is 30.7 Å². The highest BCUT2D eigenvalue weighted by Gasteiger charge is 2.21. The first-order valence-corrected chi connectivity index (χ1v) is 9.67. The average Bonchev–Trinajstić information content (AvgIpc) is 3.07. The molecule has 0 bridgehead atoms. The van der Waals surface area contributed by atoms with E-state index < -0.39 is 0 Å². The lowest BCUT2D eigenvalue weighted by atomic mass is 10.2. The molecule has 3 aromatic rings. The van der Waals surface area contributed by atoms with Crippen LogP contribution < -0.4 is 15.4 Å². The van der Waals surface area contributed by atoms with Gasteiger partial charge in [-0.1, -0.05) is 18.3 Å². The van der Waals surface area contributed by atoms with Crippen molar-refractivity contribution in [3.8, 4) is 0 Å². The monoisotopic (exact) mass is 374 g/mol. The quantitative estimate of drug-likeness (QED) is 0.733. The lowest BCUT2D eigenvalue weighted by Gasteiger charge is -2.33. The highest BCUT2D eigenvalue weighted by atomic mass is 32.1.